The number of rotatable bonds is 4. The molecule has 0 bridgehead atoms. The van der Waals surface area contributed by atoms with Crippen LogP contribution in [-0.2, 0) is 0 Å². The van der Waals surface area contributed by atoms with Crippen LogP contribution in [0.4, 0.5) is 0 Å². The van der Waals surface area contributed by atoms with E-state index in [1.807, 2.05) is 0 Å². The Morgan fingerprint density at radius 2 is 2.20 bits per heavy atom. The van der Waals surface area contributed by atoms with Gasteiger partial charge in [-0.15, -0.1) is 0 Å². The molecule has 10 heavy (non-hydrogen) atoms. The third-order valence-corrected chi connectivity index (χ3v) is 1.77. The van der Waals surface area contributed by atoms with Crippen LogP contribution in [0.1, 0.15) is 13.8 Å². The molecule has 0 rings (SSSR count). The summed E-state index contributed by atoms with van der Waals surface area (Å²) < 4.78 is 0. The molecule has 0 saturated heterocycles. The number of nitrogens with zero attached hydrogens (tertiary/aromatic N) is 1. The van der Waals surface area contributed by atoms with E-state index in [0.29, 0.717) is 5.92 Å². The van der Waals surface area contributed by atoms with Crippen molar-refractivity contribution in [3.8, 4) is 0 Å². The van der Waals surface area contributed by atoms with E-state index in [4.69, 9.17) is 5.73 Å². The summed E-state index contributed by atoms with van der Waals surface area (Å²) in [4.78, 5) is 4.19. The highest BCUT2D eigenvalue weighted by Crippen LogP contribution is 1.94. The molecule has 0 heterocycles. The van der Waals surface area contributed by atoms with E-state index in [9.17, 15) is 0 Å². The lowest BCUT2D eigenvalue weighted by molar-refractivity contribution is 0.861. The summed E-state index contributed by atoms with van der Waals surface area (Å²) in [5.74, 6) is 2.23. The summed E-state index contributed by atoms with van der Waals surface area (Å²) in [7, 11) is 0. The molecule has 0 aliphatic rings. The van der Waals surface area contributed by atoms with Gasteiger partial charge in [0.05, 0.1) is 5.84 Å². The number of hydrogen-bond acceptors (Lipinski definition) is 2. The monoisotopic (exact) mass is 160 g/mol. The first-order chi connectivity index (χ1) is 4.68. The van der Waals surface area contributed by atoms with Crippen molar-refractivity contribution < 1.29 is 0 Å². The Hall–Kier alpha value is -0.180. The molecular weight excluding hydrogens is 144 g/mol. The maximum Gasteiger partial charge on any atom is 0.0963 e. The third kappa shape index (κ3) is 4.68. The summed E-state index contributed by atoms with van der Waals surface area (Å²) in [5, 5.41) is 0. The summed E-state index contributed by atoms with van der Waals surface area (Å²) in [6.45, 7) is 4.96. The Bertz CT molecular complexity index is 110. The lowest BCUT2D eigenvalue weighted by atomic mass is 10.2. The highest BCUT2D eigenvalue weighted by atomic mass is 32.2. The molecule has 0 spiro atoms. The molecule has 2 N–H and O–H groups in total. The molecule has 2 nitrogen and oxygen atoms in total. The zero-order valence-corrected chi connectivity index (χ0v) is 7.74. The fourth-order valence-corrected chi connectivity index (χ4v) is 0.722. The van der Waals surface area contributed by atoms with Gasteiger partial charge in [0.15, 0.2) is 0 Å². The van der Waals surface area contributed by atoms with Gasteiger partial charge in [0.25, 0.3) is 0 Å². The summed E-state index contributed by atoms with van der Waals surface area (Å²) in [5.41, 5.74) is 5.60. The minimum Gasteiger partial charge on any atom is -0.387 e. The number of amidine groups is 1. The largest absolute Gasteiger partial charge is 0.387 e. The highest BCUT2D eigenvalue weighted by molar-refractivity contribution is 7.98. The Balaban J connectivity index is 3.48. The van der Waals surface area contributed by atoms with Crippen molar-refractivity contribution in [2.24, 2.45) is 16.6 Å². The fourth-order valence-electron chi connectivity index (χ4n) is 0.449. The zero-order valence-electron chi connectivity index (χ0n) is 6.92. The van der Waals surface area contributed by atoms with Gasteiger partial charge < -0.3 is 5.73 Å². The van der Waals surface area contributed by atoms with E-state index < -0.39 is 0 Å². The maximum atomic E-state index is 5.60. The van der Waals surface area contributed by atoms with E-state index in [-0.39, 0.29) is 0 Å². The van der Waals surface area contributed by atoms with E-state index >= 15 is 0 Å². The number of hydrogen-bond donors (Lipinski definition) is 1. The Labute approximate surface area is 67.3 Å². The summed E-state index contributed by atoms with van der Waals surface area (Å²) in [6, 6.07) is 0. The van der Waals surface area contributed by atoms with Crippen molar-refractivity contribution in [2.75, 3.05) is 18.6 Å². The summed E-state index contributed by atoms with van der Waals surface area (Å²) in [6.07, 6.45) is 2.07. The molecule has 0 amide bonds. The lowest BCUT2D eigenvalue weighted by Crippen LogP contribution is -2.19. The normalized spacial score (nSPS) is 12.6. The molecule has 60 valence electrons. The highest BCUT2D eigenvalue weighted by Gasteiger charge is 1.96. The second-order valence-corrected chi connectivity index (χ2v) is 3.44. The molecule has 0 aromatic carbocycles. The van der Waals surface area contributed by atoms with Crippen LogP contribution in [0.5, 0.6) is 0 Å². The molecule has 0 unspecified atom stereocenters. The minimum atomic E-state index is 0.391. The molecule has 3 heteroatoms. The van der Waals surface area contributed by atoms with Crippen LogP contribution >= 0.6 is 11.8 Å². The lowest BCUT2D eigenvalue weighted by Gasteiger charge is -2.02. The molecule has 0 aliphatic carbocycles. The molecule has 0 fully saturated rings. The smallest absolute Gasteiger partial charge is 0.0963 e. The van der Waals surface area contributed by atoms with Gasteiger partial charge in [-0.2, -0.15) is 11.8 Å². The summed E-state index contributed by atoms with van der Waals surface area (Å²) >= 11 is 1.79. The van der Waals surface area contributed by atoms with Gasteiger partial charge in [0.2, 0.25) is 0 Å². The topological polar surface area (TPSA) is 38.4 Å². The number of nitrogens with two attached hydrogens (primary N) is 1. The van der Waals surface area contributed by atoms with Gasteiger partial charge in [-0.05, 0) is 6.26 Å². The molecule has 0 aromatic heterocycles. The molecule has 0 atom stereocenters. The molecule has 0 saturated carbocycles. The maximum absolute atomic E-state index is 5.60. The van der Waals surface area contributed by atoms with Crippen LogP contribution in [-0.4, -0.2) is 24.4 Å². The quantitative estimate of drug-likeness (QED) is 0.383. The first-order valence-electron chi connectivity index (χ1n) is 3.47. The van der Waals surface area contributed by atoms with E-state index in [2.05, 4.69) is 25.1 Å². The predicted molar refractivity (Wildman–Crippen MR) is 49.7 cm³/mol. The van der Waals surface area contributed by atoms with Crippen molar-refractivity contribution in [2.45, 2.75) is 13.8 Å². The Kier molecular flexibility index (Phi) is 5.49. The average Bonchev–Trinajstić information content (AvgIpc) is 1.88. The first kappa shape index (κ1) is 9.82. The van der Waals surface area contributed by atoms with Crippen LogP contribution in [0.3, 0.4) is 0 Å². The fraction of sp³-hybridized carbons (Fsp3) is 0.857. The Morgan fingerprint density at radius 3 is 2.60 bits per heavy atom. The molecule has 0 aliphatic heterocycles. The van der Waals surface area contributed by atoms with Crippen molar-refractivity contribution in [3.05, 3.63) is 0 Å². The van der Waals surface area contributed by atoms with Crippen LogP contribution in [0.15, 0.2) is 4.99 Å². The average molecular weight is 160 g/mol. The molecular formula is C7H16N2S. The van der Waals surface area contributed by atoms with Crippen molar-refractivity contribution in [1.29, 1.82) is 0 Å². The second kappa shape index (κ2) is 5.59. The standard InChI is InChI=1S/C7H16N2S/c1-6(2)7(8)9-4-5-10-3/h6H,4-5H2,1-3H3,(H2,8,9). The van der Waals surface area contributed by atoms with Gasteiger partial charge in [-0.3, -0.25) is 4.99 Å². The minimum absolute atomic E-state index is 0.391. The van der Waals surface area contributed by atoms with Gasteiger partial charge in [0.1, 0.15) is 0 Å². The molecule has 0 aromatic rings. The Morgan fingerprint density at radius 1 is 1.60 bits per heavy atom. The van der Waals surface area contributed by atoms with E-state index in [1.54, 1.807) is 11.8 Å². The van der Waals surface area contributed by atoms with Gasteiger partial charge in [-0.1, -0.05) is 13.8 Å². The van der Waals surface area contributed by atoms with E-state index in [1.165, 1.54) is 0 Å². The van der Waals surface area contributed by atoms with Crippen LogP contribution < -0.4 is 5.73 Å². The number of aliphatic imine (C=N–C) groups is 1. The number of thioether (sulfide) groups is 1. The third-order valence-electron chi connectivity index (χ3n) is 1.18. The van der Waals surface area contributed by atoms with Crippen LogP contribution in [0, 0.1) is 5.92 Å². The van der Waals surface area contributed by atoms with Crippen LogP contribution in [0.2, 0.25) is 0 Å². The predicted octanol–water partition coefficient (Wildman–Crippen LogP) is 1.36. The van der Waals surface area contributed by atoms with Crippen LogP contribution in [0.25, 0.3) is 0 Å². The second-order valence-electron chi connectivity index (χ2n) is 2.45. The molecule has 0 radical (unpaired) electrons. The van der Waals surface area contributed by atoms with Gasteiger partial charge in [-0.25, -0.2) is 0 Å². The van der Waals surface area contributed by atoms with Crippen molar-refractivity contribution in [3.63, 3.8) is 0 Å². The SMILES string of the molecule is CSCCN=C(N)C(C)C. The van der Waals surface area contributed by atoms with Crippen molar-refractivity contribution in [1.82, 2.24) is 0 Å². The van der Waals surface area contributed by atoms with Crippen molar-refractivity contribution >= 4 is 17.6 Å². The van der Waals surface area contributed by atoms with Gasteiger partial charge in [0, 0.05) is 18.2 Å². The first-order valence-corrected chi connectivity index (χ1v) is 4.86. The van der Waals surface area contributed by atoms with Gasteiger partial charge >= 0.3 is 0 Å². The van der Waals surface area contributed by atoms with E-state index in [0.717, 1.165) is 18.1 Å². The zero-order chi connectivity index (χ0) is 7.98.